The second-order valence-electron chi connectivity index (χ2n) is 4.65. The number of rotatable bonds is 5. The molecular formula is C12H19N3O2. The summed E-state index contributed by atoms with van der Waals surface area (Å²) in [6.45, 7) is 2.78. The predicted molar refractivity (Wildman–Crippen MR) is 63.4 cm³/mol. The molecule has 17 heavy (non-hydrogen) atoms. The molecule has 5 nitrogen and oxygen atoms in total. The van der Waals surface area contributed by atoms with E-state index in [-0.39, 0.29) is 5.97 Å². The second-order valence-corrected chi connectivity index (χ2v) is 4.65. The van der Waals surface area contributed by atoms with Crippen LogP contribution in [0.3, 0.4) is 0 Å². The van der Waals surface area contributed by atoms with Gasteiger partial charge in [-0.05, 0) is 32.2 Å². The summed E-state index contributed by atoms with van der Waals surface area (Å²) < 4.78 is 6.57. The molecule has 0 aromatic carbocycles. The molecule has 1 atom stereocenters. The molecule has 1 fully saturated rings. The van der Waals surface area contributed by atoms with Crippen LogP contribution in [0, 0.1) is 12.8 Å². The Balaban J connectivity index is 2.12. The highest BCUT2D eigenvalue weighted by Gasteiger charge is 2.28. The summed E-state index contributed by atoms with van der Waals surface area (Å²) in [5.74, 6) is 0.473. The van der Waals surface area contributed by atoms with E-state index in [4.69, 9.17) is 4.74 Å². The van der Waals surface area contributed by atoms with Crippen molar-refractivity contribution in [1.82, 2.24) is 15.1 Å². The number of ether oxygens (including phenoxy) is 1. The molecule has 0 amide bonds. The van der Waals surface area contributed by atoms with Crippen molar-refractivity contribution in [3.63, 3.8) is 0 Å². The molecule has 1 N–H and O–H groups in total. The zero-order valence-corrected chi connectivity index (χ0v) is 10.6. The number of carbonyl (C=O) groups excluding carboxylic acids is 1. The highest BCUT2D eigenvalue weighted by atomic mass is 16.5. The number of aryl methyl sites for hydroxylation is 2. The van der Waals surface area contributed by atoms with Crippen molar-refractivity contribution in [1.29, 1.82) is 0 Å². The van der Waals surface area contributed by atoms with Crippen LogP contribution in [-0.4, -0.2) is 29.4 Å². The lowest BCUT2D eigenvalue weighted by Gasteiger charge is -2.15. The molecule has 1 aromatic heterocycles. The van der Waals surface area contributed by atoms with E-state index < -0.39 is 6.04 Å². The summed E-state index contributed by atoms with van der Waals surface area (Å²) >= 11 is 0. The lowest BCUT2D eigenvalue weighted by atomic mass is 10.1. The molecule has 1 aliphatic carbocycles. The van der Waals surface area contributed by atoms with E-state index in [1.54, 1.807) is 4.68 Å². The number of esters is 1. The summed E-state index contributed by atoms with van der Waals surface area (Å²) in [5, 5.41) is 7.54. The Morgan fingerprint density at radius 2 is 2.41 bits per heavy atom. The first-order valence-electron chi connectivity index (χ1n) is 5.93. The number of hydrogen-bond acceptors (Lipinski definition) is 4. The van der Waals surface area contributed by atoms with Crippen LogP contribution < -0.4 is 5.32 Å². The minimum atomic E-state index is -0.394. The SMILES string of the molecule is COC(=O)C(NCC1CC1)c1cn(C)nc1C. The molecule has 94 valence electrons. The maximum atomic E-state index is 11.8. The van der Waals surface area contributed by atoms with Gasteiger partial charge in [0.25, 0.3) is 0 Å². The van der Waals surface area contributed by atoms with Crippen molar-refractivity contribution in [2.75, 3.05) is 13.7 Å². The Kier molecular flexibility index (Phi) is 3.47. The summed E-state index contributed by atoms with van der Waals surface area (Å²) in [7, 11) is 3.27. The van der Waals surface area contributed by atoms with E-state index in [2.05, 4.69) is 10.4 Å². The Morgan fingerprint density at radius 1 is 1.71 bits per heavy atom. The Labute approximate surface area is 101 Å². The third-order valence-electron chi connectivity index (χ3n) is 3.11. The van der Waals surface area contributed by atoms with E-state index in [0.717, 1.165) is 23.7 Å². The van der Waals surface area contributed by atoms with Crippen molar-refractivity contribution >= 4 is 5.97 Å². The first-order chi connectivity index (χ1) is 8.11. The van der Waals surface area contributed by atoms with Crippen LogP contribution >= 0.6 is 0 Å². The smallest absolute Gasteiger partial charge is 0.327 e. The van der Waals surface area contributed by atoms with Gasteiger partial charge in [0.2, 0.25) is 0 Å². The number of hydrogen-bond donors (Lipinski definition) is 1. The van der Waals surface area contributed by atoms with Gasteiger partial charge < -0.3 is 10.1 Å². The molecule has 0 aliphatic heterocycles. The van der Waals surface area contributed by atoms with Gasteiger partial charge in [-0.3, -0.25) is 4.68 Å². The van der Waals surface area contributed by atoms with Crippen molar-refractivity contribution in [2.45, 2.75) is 25.8 Å². The van der Waals surface area contributed by atoms with E-state index in [9.17, 15) is 4.79 Å². The summed E-state index contributed by atoms with van der Waals surface area (Å²) in [5.41, 5.74) is 1.77. The minimum Gasteiger partial charge on any atom is -0.468 e. The molecule has 0 bridgehead atoms. The number of nitrogens with one attached hydrogen (secondary N) is 1. The van der Waals surface area contributed by atoms with Crippen LogP contribution in [0.2, 0.25) is 0 Å². The average Bonchev–Trinajstić information content (AvgIpc) is 3.05. The van der Waals surface area contributed by atoms with E-state index in [1.807, 2.05) is 20.2 Å². The van der Waals surface area contributed by atoms with E-state index in [0.29, 0.717) is 0 Å². The quantitative estimate of drug-likeness (QED) is 0.774. The molecular weight excluding hydrogens is 218 g/mol. The van der Waals surface area contributed by atoms with Crippen LogP contribution in [0.5, 0.6) is 0 Å². The van der Waals surface area contributed by atoms with Gasteiger partial charge in [-0.2, -0.15) is 5.10 Å². The van der Waals surface area contributed by atoms with Gasteiger partial charge in [-0.15, -0.1) is 0 Å². The predicted octanol–water partition coefficient (Wildman–Crippen LogP) is 0.942. The monoisotopic (exact) mass is 237 g/mol. The minimum absolute atomic E-state index is 0.248. The van der Waals surface area contributed by atoms with Gasteiger partial charge in [0, 0.05) is 18.8 Å². The molecule has 1 heterocycles. The standard InChI is InChI=1S/C12H19N3O2/c1-8-10(7-15(2)14-8)11(12(16)17-3)13-6-9-4-5-9/h7,9,11,13H,4-6H2,1-3H3. The summed E-state index contributed by atoms with van der Waals surface area (Å²) in [6, 6.07) is -0.394. The van der Waals surface area contributed by atoms with E-state index in [1.165, 1.54) is 20.0 Å². The van der Waals surface area contributed by atoms with Gasteiger partial charge in [-0.25, -0.2) is 4.79 Å². The zero-order chi connectivity index (χ0) is 12.4. The van der Waals surface area contributed by atoms with Gasteiger partial charge in [0.1, 0.15) is 6.04 Å². The maximum absolute atomic E-state index is 11.8. The largest absolute Gasteiger partial charge is 0.468 e. The number of carbonyl (C=O) groups is 1. The molecule has 1 aromatic rings. The summed E-state index contributed by atoms with van der Waals surface area (Å²) in [4.78, 5) is 11.8. The number of aromatic nitrogens is 2. The second kappa shape index (κ2) is 4.87. The Hall–Kier alpha value is -1.36. The van der Waals surface area contributed by atoms with Crippen molar-refractivity contribution in [3.05, 3.63) is 17.5 Å². The molecule has 1 unspecified atom stereocenters. The number of methoxy groups -OCH3 is 1. The van der Waals surface area contributed by atoms with Crippen molar-refractivity contribution in [3.8, 4) is 0 Å². The third kappa shape index (κ3) is 2.85. The fourth-order valence-corrected chi connectivity index (χ4v) is 1.95. The highest BCUT2D eigenvalue weighted by molar-refractivity contribution is 5.77. The number of nitrogens with zero attached hydrogens (tertiary/aromatic N) is 2. The fraction of sp³-hybridized carbons (Fsp3) is 0.667. The molecule has 1 aliphatic rings. The third-order valence-corrected chi connectivity index (χ3v) is 3.11. The van der Waals surface area contributed by atoms with Crippen LogP contribution in [0.4, 0.5) is 0 Å². The van der Waals surface area contributed by atoms with Crippen LogP contribution in [0.15, 0.2) is 6.20 Å². The normalized spacial score (nSPS) is 16.9. The zero-order valence-electron chi connectivity index (χ0n) is 10.6. The Bertz CT molecular complexity index is 410. The molecule has 5 heteroatoms. The van der Waals surface area contributed by atoms with Gasteiger partial charge in [0.05, 0.1) is 12.8 Å². The molecule has 0 saturated heterocycles. The van der Waals surface area contributed by atoms with Crippen LogP contribution in [0.1, 0.15) is 30.1 Å². The fourth-order valence-electron chi connectivity index (χ4n) is 1.95. The van der Waals surface area contributed by atoms with E-state index >= 15 is 0 Å². The molecule has 0 radical (unpaired) electrons. The Morgan fingerprint density at radius 3 is 2.88 bits per heavy atom. The van der Waals surface area contributed by atoms with Crippen molar-refractivity contribution < 1.29 is 9.53 Å². The lowest BCUT2D eigenvalue weighted by Crippen LogP contribution is -2.31. The van der Waals surface area contributed by atoms with Crippen molar-refractivity contribution in [2.24, 2.45) is 13.0 Å². The lowest BCUT2D eigenvalue weighted by molar-refractivity contribution is -0.143. The van der Waals surface area contributed by atoms with Gasteiger partial charge >= 0.3 is 5.97 Å². The topological polar surface area (TPSA) is 56.1 Å². The summed E-state index contributed by atoms with van der Waals surface area (Å²) in [6.07, 6.45) is 4.39. The maximum Gasteiger partial charge on any atom is 0.327 e. The van der Waals surface area contributed by atoms with Crippen LogP contribution in [-0.2, 0) is 16.6 Å². The van der Waals surface area contributed by atoms with Gasteiger partial charge in [0.15, 0.2) is 0 Å². The highest BCUT2D eigenvalue weighted by Crippen LogP contribution is 2.29. The van der Waals surface area contributed by atoms with Gasteiger partial charge in [-0.1, -0.05) is 0 Å². The van der Waals surface area contributed by atoms with Crippen LogP contribution in [0.25, 0.3) is 0 Å². The first-order valence-corrected chi connectivity index (χ1v) is 5.93. The molecule has 1 saturated carbocycles. The molecule has 0 spiro atoms. The first kappa shape index (κ1) is 12.1. The molecule has 2 rings (SSSR count). The average molecular weight is 237 g/mol.